The summed E-state index contributed by atoms with van der Waals surface area (Å²) in [7, 11) is -3.25. The van der Waals surface area contributed by atoms with Crippen molar-refractivity contribution in [3.8, 4) is 6.07 Å². The number of amides is 4. The lowest BCUT2D eigenvalue weighted by Gasteiger charge is -2.41. The molecule has 1 unspecified atom stereocenters. The fraction of sp³-hybridized carbons (Fsp3) is 0.593. The number of hydrogen-bond donors (Lipinski definition) is 3. The van der Waals surface area contributed by atoms with E-state index < -0.39 is 74.9 Å². The van der Waals surface area contributed by atoms with Gasteiger partial charge < -0.3 is 20.9 Å². The van der Waals surface area contributed by atoms with Crippen LogP contribution >= 0.6 is 0 Å². The van der Waals surface area contributed by atoms with Crippen molar-refractivity contribution in [2.75, 3.05) is 18.9 Å². The third-order valence-corrected chi connectivity index (χ3v) is 11.2. The van der Waals surface area contributed by atoms with Crippen LogP contribution in [0.3, 0.4) is 0 Å². The molecular formula is C27H30F3N5O6S. The highest BCUT2D eigenvalue weighted by Gasteiger charge is 2.64. The van der Waals surface area contributed by atoms with Gasteiger partial charge >= 0.3 is 12.1 Å². The normalized spacial score (nSPS) is 26.8. The SMILES string of the molecule is CNC(=O)C(CC1CC1)(NC(=O)C(F)(F)F)[C@H](CC1CC1)C(=O)N1C[C@]2(C[C@H]1C#N)C(=O)Nc1ccccc1S2(=O)=O. The van der Waals surface area contributed by atoms with E-state index in [9.17, 15) is 46.0 Å². The van der Waals surface area contributed by atoms with Gasteiger partial charge in [0.05, 0.1) is 29.1 Å². The van der Waals surface area contributed by atoms with Gasteiger partial charge in [0.2, 0.25) is 17.7 Å². The van der Waals surface area contributed by atoms with E-state index in [2.05, 4.69) is 10.6 Å². The van der Waals surface area contributed by atoms with Crippen LogP contribution in [0.1, 0.15) is 44.9 Å². The lowest BCUT2D eigenvalue weighted by Crippen LogP contribution is -2.68. The van der Waals surface area contributed by atoms with Gasteiger partial charge in [-0.15, -0.1) is 0 Å². The monoisotopic (exact) mass is 609 g/mol. The number of carbonyl (C=O) groups excluding carboxylic acids is 4. The highest BCUT2D eigenvalue weighted by atomic mass is 32.2. The number of carbonyl (C=O) groups is 4. The molecule has 2 aliphatic heterocycles. The summed E-state index contributed by atoms with van der Waals surface area (Å²) >= 11 is 0. The van der Waals surface area contributed by atoms with Gasteiger partial charge in [0.25, 0.3) is 0 Å². The molecule has 0 aromatic heterocycles. The van der Waals surface area contributed by atoms with E-state index in [-0.39, 0.29) is 35.3 Å². The summed E-state index contributed by atoms with van der Waals surface area (Å²) < 4.78 is 66.1. The van der Waals surface area contributed by atoms with Crippen LogP contribution in [0.4, 0.5) is 18.9 Å². The molecule has 2 heterocycles. The first-order chi connectivity index (χ1) is 19.7. The van der Waals surface area contributed by atoms with Crippen LogP contribution in [0.25, 0.3) is 0 Å². The Balaban J connectivity index is 1.59. The number of nitrogens with zero attached hydrogens (tertiary/aromatic N) is 2. The molecule has 11 nitrogen and oxygen atoms in total. The fourth-order valence-electron chi connectivity index (χ4n) is 6.21. The maximum Gasteiger partial charge on any atom is 0.471 e. The summed E-state index contributed by atoms with van der Waals surface area (Å²) in [4.78, 5) is 54.3. The number of alkyl halides is 3. The molecule has 0 radical (unpaired) electrons. The number of fused-ring (bicyclic) bond motifs is 1. The van der Waals surface area contributed by atoms with Gasteiger partial charge in [-0.25, -0.2) is 8.42 Å². The maximum absolute atomic E-state index is 14.4. The lowest BCUT2D eigenvalue weighted by atomic mass is 9.74. The number of para-hydroxylation sites is 1. The van der Waals surface area contributed by atoms with Crippen molar-refractivity contribution in [1.82, 2.24) is 15.5 Å². The molecule has 42 heavy (non-hydrogen) atoms. The summed E-state index contributed by atoms with van der Waals surface area (Å²) in [6.07, 6.45) is -3.80. The Morgan fingerprint density at radius 1 is 1.14 bits per heavy atom. The number of anilines is 1. The zero-order chi connectivity index (χ0) is 30.7. The Morgan fingerprint density at radius 3 is 2.36 bits per heavy atom. The van der Waals surface area contributed by atoms with Crippen molar-refractivity contribution in [3.05, 3.63) is 24.3 Å². The molecule has 4 aliphatic rings. The summed E-state index contributed by atoms with van der Waals surface area (Å²) in [5, 5.41) is 16.8. The van der Waals surface area contributed by atoms with Crippen molar-refractivity contribution in [2.45, 2.75) is 72.3 Å². The first kappa shape index (κ1) is 29.8. The predicted molar refractivity (Wildman–Crippen MR) is 140 cm³/mol. The van der Waals surface area contributed by atoms with Gasteiger partial charge in [0.15, 0.2) is 14.6 Å². The van der Waals surface area contributed by atoms with E-state index in [1.54, 1.807) is 0 Å². The van der Waals surface area contributed by atoms with Crippen LogP contribution in [0.5, 0.6) is 0 Å². The topological polar surface area (TPSA) is 166 Å². The first-order valence-corrected chi connectivity index (χ1v) is 15.1. The average Bonchev–Trinajstić information content (AvgIpc) is 3.88. The standard InChI is InChI=1S/C27H30F3N5O6S/c1-32-23(38)26(11-16-8-9-16,34-24(39)27(28,29)30)18(10-15-6-7-15)21(36)35-14-25(12-17(35)13-31)22(37)33-19-4-2-3-5-20(19)42(25,40)41/h2-5,15-18H,6-12,14H2,1H3,(H,32,38)(H,33,37)(H,34,39)/t17-,18+,25+,26?/m0/s1. The minimum atomic E-state index is -5.36. The second kappa shape index (κ2) is 10.3. The molecule has 1 spiro atoms. The van der Waals surface area contributed by atoms with E-state index in [1.165, 1.54) is 31.3 Å². The minimum absolute atomic E-state index is 0.0518. The van der Waals surface area contributed by atoms with E-state index >= 15 is 0 Å². The zero-order valence-corrected chi connectivity index (χ0v) is 23.5. The van der Waals surface area contributed by atoms with Crippen molar-refractivity contribution < 1.29 is 40.8 Å². The number of nitriles is 1. The number of benzene rings is 1. The zero-order valence-electron chi connectivity index (χ0n) is 22.7. The molecule has 2 aliphatic carbocycles. The van der Waals surface area contributed by atoms with Crippen molar-refractivity contribution in [3.63, 3.8) is 0 Å². The molecule has 5 rings (SSSR count). The Kier molecular flexibility index (Phi) is 7.28. The Bertz CT molecular complexity index is 1490. The van der Waals surface area contributed by atoms with E-state index in [1.807, 2.05) is 11.4 Å². The Hall–Kier alpha value is -3.67. The van der Waals surface area contributed by atoms with Crippen LogP contribution in [0, 0.1) is 29.1 Å². The summed E-state index contributed by atoms with van der Waals surface area (Å²) in [5.41, 5.74) is -2.27. The number of rotatable bonds is 8. The maximum atomic E-state index is 14.4. The second-order valence-corrected chi connectivity index (χ2v) is 13.9. The molecule has 2 saturated carbocycles. The molecule has 1 saturated heterocycles. The van der Waals surface area contributed by atoms with Crippen LogP contribution in [0.15, 0.2) is 29.2 Å². The summed E-state index contributed by atoms with van der Waals surface area (Å²) in [6.45, 7) is -0.742. The average molecular weight is 610 g/mol. The van der Waals surface area contributed by atoms with Gasteiger partial charge in [-0.2, -0.15) is 18.4 Å². The number of sulfone groups is 1. The number of likely N-dealkylation sites (tertiary alicyclic amines) is 1. The van der Waals surface area contributed by atoms with E-state index in [4.69, 9.17) is 0 Å². The molecule has 4 atom stereocenters. The summed E-state index contributed by atoms with van der Waals surface area (Å²) in [6, 6.07) is 6.14. The Morgan fingerprint density at radius 2 is 1.79 bits per heavy atom. The Labute approximate surface area is 240 Å². The van der Waals surface area contributed by atoms with Crippen molar-refractivity contribution >= 4 is 39.2 Å². The van der Waals surface area contributed by atoms with E-state index in [0.717, 1.165) is 4.90 Å². The second-order valence-electron chi connectivity index (χ2n) is 11.6. The predicted octanol–water partition coefficient (Wildman–Crippen LogP) is 1.66. The highest BCUT2D eigenvalue weighted by Crippen LogP contribution is 2.48. The third-order valence-electron chi connectivity index (χ3n) is 8.80. The molecule has 3 fully saturated rings. The molecule has 226 valence electrons. The molecule has 1 aromatic rings. The van der Waals surface area contributed by atoms with Crippen LogP contribution in [0.2, 0.25) is 0 Å². The third kappa shape index (κ3) is 4.89. The van der Waals surface area contributed by atoms with Gasteiger partial charge in [0, 0.05) is 13.5 Å². The van der Waals surface area contributed by atoms with Crippen LogP contribution in [-0.4, -0.2) is 73.0 Å². The molecule has 15 heteroatoms. The van der Waals surface area contributed by atoms with Crippen LogP contribution in [-0.2, 0) is 29.0 Å². The molecule has 3 N–H and O–H groups in total. The molecule has 1 aromatic carbocycles. The molecular weight excluding hydrogens is 579 g/mol. The van der Waals surface area contributed by atoms with Crippen molar-refractivity contribution in [1.29, 1.82) is 5.26 Å². The quantitative estimate of drug-likeness (QED) is 0.403. The number of nitrogens with one attached hydrogen (secondary N) is 3. The highest BCUT2D eigenvalue weighted by molar-refractivity contribution is 7.94. The van der Waals surface area contributed by atoms with Gasteiger partial charge in [-0.1, -0.05) is 37.8 Å². The number of halogens is 3. The van der Waals surface area contributed by atoms with Gasteiger partial charge in [-0.05, 0) is 36.8 Å². The van der Waals surface area contributed by atoms with Crippen molar-refractivity contribution in [2.24, 2.45) is 17.8 Å². The minimum Gasteiger partial charge on any atom is -0.357 e. The lowest BCUT2D eigenvalue weighted by molar-refractivity contribution is -0.178. The number of hydrogen-bond acceptors (Lipinski definition) is 7. The van der Waals surface area contributed by atoms with Gasteiger partial charge in [0.1, 0.15) is 11.6 Å². The number of likely N-dealkylation sites (N-methyl/N-ethyl adjacent to an activating group) is 1. The fourth-order valence-corrected chi connectivity index (χ4v) is 8.28. The molecule has 0 bridgehead atoms. The van der Waals surface area contributed by atoms with Crippen LogP contribution < -0.4 is 16.0 Å². The molecule has 4 amide bonds. The van der Waals surface area contributed by atoms with E-state index in [0.29, 0.717) is 25.7 Å². The first-order valence-electron chi connectivity index (χ1n) is 13.7. The largest absolute Gasteiger partial charge is 0.471 e. The van der Waals surface area contributed by atoms with Gasteiger partial charge in [-0.3, -0.25) is 19.2 Å². The summed E-state index contributed by atoms with van der Waals surface area (Å²) in [5.74, 6) is -7.19. The smallest absolute Gasteiger partial charge is 0.357 e.